The number of hydrogen-bond donors (Lipinski definition) is 1. The van der Waals surface area contributed by atoms with Crippen molar-refractivity contribution in [2.75, 3.05) is 0 Å². The Hall–Kier alpha value is -1.38. The van der Waals surface area contributed by atoms with Gasteiger partial charge in [-0.05, 0) is 54.5 Å². The Morgan fingerprint density at radius 2 is 2.05 bits per heavy atom. The van der Waals surface area contributed by atoms with Crippen LogP contribution in [0.2, 0.25) is 5.02 Å². The highest BCUT2D eigenvalue weighted by molar-refractivity contribution is 6.30. The summed E-state index contributed by atoms with van der Waals surface area (Å²) in [7, 11) is 0. The molecule has 0 aliphatic heterocycles. The molecule has 2 atom stereocenters. The van der Waals surface area contributed by atoms with Crippen LogP contribution in [0.1, 0.15) is 35.4 Å². The van der Waals surface area contributed by atoms with Crippen LogP contribution in [0.25, 0.3) is 0 Å². The topological polar surface area (TPSA) is 20.2 Å². The summed E-state index contributed by atoms with van der Waals surface area (Å²) in [6, 6.07) is 13.0. The smallest absolute Gasteiger partial charge is 0.142 e. The molecule has 0 aromatic heterocycles. The molecule has 0 bridgehead atoms. The first kappa shape index (κ1) is 14.6. The minimum atomic E-state index is -0.493. The van der Waals surface area contributed by atoms with Crippen molar-refractivity contribution < 1.29 is 9.50 Å². The lowest BCUT2D eigenvalue weighted by Gasteiger charge is -2.29. The maximum atomic E-state index is 13.5. The van der Waals surface area contributed by atoms with E-state index < -0.39 is 11.9 Å². The summed E-state index contributed by atoms with van der Waals surface area (Å²) >= 11 is 5.70. The molecule has 2 aromatic rings. The van der Waals surface area contributed by atoms with Crippen molar-refractivity contribution in [2.45, 2.75) is 37.7 Å². The maximum absolute atomic E-state index is 13.5. The van der Waals surface area contributed by atoms with E-state index in [4.69, 9.17) is 11.6 Å². The van der Waals surface area contributed by atoms with Crippen molar-refractivity contribution in [1.82, 2.24) is 0 Å². The predicted octanol–water partition coefficient (Wildman–Crippen LogP) is 4.50. The molecule has 3 rings (SSSR count). The Bertz CT molecular complexity index is 641. The molecular weight excluding hydrogens is 287 g/mol. The predicted molar refractivity (Wildman–Crippen MR) is 83.2 cm³/mol. The van der Waals surface area contributed by atoms with E-state index in [1.54, 1.807) is 12.1 Å². The van der Waals surface area contributed by atoms with Crippen molar-refractivity contribution >= 4 is 11.6 Å². The molecule has 2 aromatic carbocycles. The molecule has 3 heteroatoms. The van der Waals surface area contributed by atoms with Crippen LogP contribution in [-0.4, -0.2) is 11.2 Å². The molecule has 0 saturated carbocycles. The number of aliphatic hydroxyl groups excluding tert-OH is 1. The van der Waals surface area contributed by atoms with Gasteiger partial charge < -0.3 is 5.11 Å². The molecule has 0 heterocycles. The van der Waals surface area contributed by atoms with Crippen molar-refractivity contribution in [2.24, 2.45) is 0 Å². The van der Waals surface area contributed by atoms with E-state index in [-0.39, 0.29) is 10.9 Å². The summed E-state index contributed by atoms with van der Waals surface area (Å²) in [6.07, 6.45) is 3.11. The number of aryl methyl sites for hydroxylation is 1. The molecule has 2 unspecified atom stereocenters. The van der Waals surface area contributed by atoms with E-state index in [2.05, 4.69) is 12.1 Å². The Kier molecular flexibility index (Phi) is 4.27. The quantitative estimate of drug-likeness (QED) is 0.885. The molecule has 0 radical (unpaired) electrons. The van der Waals surface area contributed by atoms with Gasteiger partial charge >= 0.3 is 0 Å². The average Bonchev–Trinajstić information content (AvgIpc) is 2.50. The SMILES string of the molecule is OC(Cc1ccc(Cl)c(F)c1)C1CCCc2ccccc21. The molecule has 0 amide bonds. The Labute approximate surface area is 129 Å². The van der Waals surface area contributed by atoms with Crippen LogP contribution in [0.5, 0.6) is 0 Å². The minimum absolute atomic E-state index is 0.122. The standard InChI is InChI=1S/C18H18ClFO/c19-16-9-8-12(10-17(16)20)11-18(21)15-7-3-5-13-4-1-2-6-14(13)15/h1-2,4,6,8-10,15,18,21H,3,5,7,11H2. The van der Waals surface area contributed by atoms with Gasteiger partial charge in [-0.3, -0.25) is 0 Å². The molecule has 1 aliphatic rings. The first-order chi connectivity index (χ1) is 10.1. The monoisotopic (exact) mass is 304 g/mol. The van der Waals surface area contributed by atoms with Crippen LogP contribution >= 0.6 is 11.6 Å². The second kappa shape index (κ2) is 6.17. The second-order valence-electron chi connectivity index (χ2n) is 5.72. The van der Waals surface area contributed by atoms with E-state index in [0.29, 0.717) is 6.42 Å². The zero-order chi connectivity index (χ0) is 14.8. The highest BCUT2D eigenvalue weighted by atomic mass is 35.5. The second-order valence-corrected chi connectivity index (χ2v) is 6.12. The molecule has 1 nitrogen and oxygen atoms in total. The molecule has 110 valence electrons. The van der Waals surface area contributed by atoms with E-state index in [0.717, 1.165) is 24.8 Å². The maximum Gasteiger partial charge on any atom is 0.142 e. The number of halogens is 2. The fourth-order valence-corrected chi connectivity index (χ4v) is 3.36. The lowest BCUT2D eigenvalue weighted by molar-refractivity contribution is 0.134. The van der Waals surface area contributed by atoms with Crippen molar-refractivity contribution in [3.63, 3.8) is 0 Å². The van der Waals surface area contributed by atoms with Crippen LogP contribution in [0.4, 0.5) is 4.39 Å². The van der Waals surface area contributed by atoms with Gasteiger partial charge in [0.1, 0.15) is 5.82 Å². The van der Waals surface area contributed by atoms with Crippen LogP contribution in [-0.2, 0) is 12.8 Å². The lowest BCUT2D eigenvalue weighted by Crippen LogP contribution is -2.25. The van der Waals surface area contributed by atoms with Crippen molar-refractivity contribution in [3.05, 3.63) is 70.0 Å². The van der Waals surface area contributed by atoms with Gasteiger partial charge in [0.05, 0.1) is 11.1 Å². The van der Waals surface area contributed by atoms with Crippen LogP contribution in [0.3, 0.4) is 0 Å². The largest absolute Gasteiger partial charge is 0.392 e. The molecular formula is C18H18ClFO. The average molecular weight is 305 g/mol. The Morgan fingerprint density at radius 1 is 1.24 bits per heavy atom. The third-order valence-electron chi connectivity index (χ3n) is 4.31. The summed E-state index contributed by atoms with van der Waals surface area (Å²) in [4.78, 5) is 0. The number of benzene rings is 2. The molecule has 1 N–H and O–H groups in total. The van der Waals surface area contributed by atoms with E-state index >= 15 is 0 Å². The molecule has 0 spiro atoms. The van der Waals surface area contributed by atoms with Crippen molar-refractivity contribution in [1.29, 1.82) is 0 Å². The lowest BCUT2D eigenvalue weighted by atomic mass is 9.78. The van der Waals surface area contributed by atoms with Gasteiger partial charge in [-0.2, -0.15) is 0 Å². The first-order valence-corrected chi connectivity index (χ1v) is 7.73. The number of hydrogen-bond acceptors (Lipinski definition) is 1. The van der Waals surface area contributed by atoms with Gasteiger partial charge in [-0.1, -0.05) is 41.9 Å². The van der Waals surface area contributed by atoms with Gasteiger partial charge in [0, 0.05) is 5.92 Å². The van der Waals surface area contributed by atoms with E-state index in [1.807, 2.05) is 12.1 Å². The minimum Gasteiger partial charge on any atom is -0.392 e. The van der Waals surface area contributed by atoms with E-state index in [1.165, 1.54) is 17.2 Å². The molecule has 0 fully saturated rings. The van der Waals surface area contributed by atoms with E-state index in [9.17, 15) is 9.50 Å². The third kappa shape index (κ3) is 3.12. The number of fused-ring (bicyclic) bond motifs is 1. The summed E-state index contributed by atoms with van der Waals surface area (Å²) < 4.78 is 13.5. The van der Waals surface area contributed by atoms with Crippen LogP contribution < -0.4 is 0 Å². The summed E-state index contributed by atoms with van der Waals surface area (Å²) in [6.45, 7) is 0. The first-order valence-electron chi connectivity index (χ1n) is 7.35. The zero-order valence-electron chi connectivity index (χ0n) is 11.7. The van der Waals surface area contributed by atoms with Gasteiger partial charge in [0.25, 0.3) is 0 Å². The highest BCUT2D eigenvalue weighted by Crippen LogP contribution is 2.35. The van der Waals surface area contributed by atoms with Gasteiger partial charge in [-0.15, -0.1) is 0 Å². The molecule has 21 heavy (non-hydrogen) atoms. The molecule has 0 saturated heterocycles. The Morgan fingerprint density at radius 3 is 2.86 bits per heavy atom. The fourth-order valence-electron chi connectivity index (χ4n) is 3.24. The fraction of sp³-hybridized carbons (Fsp3) is 0.333. The molecule has 1 aliphatic carbocycles. The Balaban J connectivity index is 1.80. The zero-order valence-corrected chi connectivity index (χ0v) is 12.5. The summed E-state index contributed by atoms with van der Waals surface area (Å²) in [5.41, 5.74) is 3.35. The van der Waals surface area contributed by atoms with Gasteiger partial charge in [0.15, 0.2) is 0 Å². The normalized spacial score (nSPS) is 19.1. The van der Waals surface area contributed by atoms with Gasteiger partial charge in [-0.25, -0.2) is 4.39 Å². The summed E-state index contributed by atoms with van der Waals surface area (Å²) in [5.74, 6) is -0.292. The number of rotatable bonds is 3. The van der Waals surface area contributed by atoms with Crippen molar-refractivity contribution in [3.8, 4) is 0 Å². The summed E-state index contributed by atoms with van der Waals surface area (Å²) in [5, 5.41) is 10.7. The van der Waals surface area contributed by atoms with Crippen LogP contribution in [0, 0.1) is 5.82 Å². The highest BCUT2D eigenvalue weighted by Gasteiger charge is 2.26. The third-order valence-corrected chi connectivity index (χ3v) is 4.62. The van der Waals surface area contributed by atoms with Crippen LogP contribution in [0.15, 0.2) is 42.5 Å². The van der Waals surface area contributed by atoms with Gasteiger partial charge in [0.2, 0.25) is 0 Å². The number of aliphatic hydroxyl groups is 1.